The monoisotopic (exact) mass is 617 g/mol. The molecule has 12 N–H and O–H groups in total. The Labute approximate surface area is 238 Å². The van der Waals surface area contributed by atoms with Crippen molar-refractivity contribution in [3.8, 4) is 0 Å². The van der Waals surface area contributed by atoms with Crippen molar-refractivity contribution >= 4 is 11.9 Å². The van der Waals surface area contributed by atoms with E-state index < -0.39 is 129 Å². The van der Waals surface area contributed by atoms with Crippen LogP contribution in [0.1, 0.15) is 13.3 Å². The number of aliphatic hydroxyl groups excluding tert-OH is 10. The van der Waals surface area contributed by atoms with Crippen molar-refractivity contribution in [2.75, 3.05) is 26.4 Å². The molecule has 3 fully saturated rings. The molecule has 0 aromatic carbocycles. The molecule has 19 nitrogen and oxygen atoms in total. The first-order valence-electron chi connectivity index (χ1n) is 13.1. The lowest BCUT2D eigenvalue weighted by atomic mass is 9.88. The quantitative estimate of drug-likeness (QED) is 0.102. The smallest absolute Gasteiger partial charge is 0.364 e. The van der Waals surface area contributed by atoms with Crippen LogP contribution >= 0.6 is 0 Å². The number of carboxylic acid groups (broad SMARTS) is 1. The zero-order valence-corrected chi connectivity index (χ0v) is 22.4. The molecule has 3 aliphatic heterocycles. The summed E-state index contributed by atoms with van der Waals surface area (Å²) < 4.78 is 27.1. The Kier molecular flexibility index (Phi) is 12.0. The molecular weight excluding hydrogens is 578 g/mol. The lowest BCUT2D eigenvalue weighted by Crippen LogP contribution is -2.68. The predicted octanol–water partition coefficient (Wildman–Crippen LogP) is -7.54. The Balaban J connectivity index is 1.81. The van der Waals surface area contributed by atoms with E-state index in [0.29, 0.717) is 0 Å². The van der Waals surface area contributed by atoms with Crippen LogP contribution in [0.25, 0.3) is 0 Å². The SMILES string of the molecule is CC(=O)NC1C(O)CC(OCC2OC(OC3C(CO)OCC(O)C3O)C(O)C(O)C2O)(C(=O)O)OC1[C@H](O)[C@H](O)CO. The Morgan fingerprint density at radius 2 is 1.64 bits per heavy atom. The molecule has 42 heavy (non-hydrogen) atoms. The Bertz CT molecular complexity index is 911. The molecule has 0 aromatic rings. The minimum Gasteiger partial charge on any atom is -0.477 e. The number of amides is 1. The Hall–Kier alpha value is -1.66. The molecule has 3 rings (SSSR count). The lowest BCUT2D eigenvalue weighted by Gasteiger charge is -2.47. The van der Waals surface area contributed by atoms with Gasteiger partial charge in [-0.15, -0.1) is 0 Å². The third kappa shape index (κ3) is 7.34. The molecule has 0 aromatic heterocycles. The maximum absolute atomic E-state index is 12.3. The van der Waals surface area contributed by atoms with Crippen LogP contribution in [-0.4, -0.2) is 186 Å². The summed E-state index contributed by atoms with van der Waals surface area (Å²) in [6.07, 6.45) is -23.4. The molecule has 19 heteroatoms. The van der Waals surface area contributed by atoms with Gasteiger partial charge < -0.3 is 85.2 Å². The molecule has 0 spiro atoms. The Morgan fingerprint density at radius 1 is 0.976 bits per heavy atom. The molecule has 0 radical (unpaired) electrons. The van der Waals surface area contributed by atoms with E-state index in [1.807, 2.05) is 0 Å². The number of hydrogen-bond acceptors (Lipinski definition) is 17. The summed E-state index contributed by atoms with van der Waals surface area (Å²) in [5.41, 5.74) is 0. The second-order valence-electron chi connectivity index (χ2n) is 10.4. The van der Waals surface area contributed by atoms with Crippen LogP contribution in [0.5, 0.6) is 0 Å². The normalized spacial score (nSPS) is 44.3. The molecule has 1 amide bonds. The fraction of sp³-hybridized carbons (Fsp3) is 0.913. The number of rotatable bonds is 11. The van der Waals surface area contributed by atoms with Crippen molar-refractivity contribution in [3.05, 3.63) is 0 Å². The molecule has 244 valence electrons. The van der Waals surface area contributed by atoms with Gasteiger partial charge in [0.25, 0.3) is 5.79 Å². The third-order valence-electron chi connectivity index (χ3n) is 7.39. The molecule has 0 saturated carbocycles. The maximum Gasteiger partial charge on any atom is 0.364 e. The van der Waals surface area contributed by atoms with Crippen molar-refractivity contribution in [1.29, 1.82) is 0 Å². The summed E-state index contributed by atoms with van der Waals surface area (Å²) in [6, 6.07) is -1.46. The van der Waals surface area contributed by atoms with Crippen LogP contribution in [-0.2, 0) is 33.3 Å². The first-order valence-corrected chi connectivity index (χ1v) is 13.1. The molecule has 15 atom stereocenters. The Morgan fingerprint density at radius 3 is 2.21 bits per heavy atom. The number of carbonyl (C=O) groups excluding carboxylic acids is 1. The standard InChI is InChI=1S/C23H39NO18/c1-7(27)24-13-8(28)2-23(22(36)37,42-20(13)14(31)9(29)3-25)39-6-12-16(33)17(34)18(35)21(40-12)41-19-11(4-26)38-5-10(30)15(19)32/h8-21,25-26,28-35H,2-6H2,1H3,(H,24,27)(H,36,37)/t8?,9-,10?,11?,12?,13?,14-,15?,16?,17?,18?,19?,20?,21?,23?/m1/s1. The molecule has 0 bridgehead atoms. The highest BCUT2D eigenvalue weighted by atomic mass is 16.8. The topological polar surface area (TPSA) is 315 Å². The number of aliphatic carboxylic acids is 1. The van der Waals surface area contributed by atoms with Crippen molar-refractivity contribution < 1.29 is 89.4 Å². The molecule has 3 saturated heterocycles. The van der Waals surface area contributed by atoms with Gasteiger partial charge in [-0.3, -0.25) is 4.79 Å². The van der Waals surface area contributed by atoms with Crippen molar-refractivity contribution in [2.24, 2.45) is 0 Å². The predicted molar refractivity (Wildman–Crippen MR) is 129 cm³/mol. The van der Waals surface area contributed by atoms with Crippen LogP contribution in [0.3, 0.4) is 0 Å². The second-order valence-corrected chi connectivity index (χ2v) is 10.4. The van der Waals surface area contributed by atoms with Crippen LogP contribution in [0, 0.1) is 0 Å². The number of carbonyl (C=O) groups is 2. The van der Waals surface area contributed by atoms with Crippen LogP contribution in [0.2, 0.25) is 0 Å². The number of carboxylic acids is 1. The van der Waals surface area contributed by atoms with Crippen LogP contribution < -0.4 is 5.32 Å². The largest absolute Gasteiger partial charge is 0.477 e. The second kappa shape index (κ2) is 14.4. The van der Waals surface area contributed by atoms with Crippen molar-refractivity contribution in [1.82, 2.24) is 5.32 Å². The number of ether oxygens (including phenoxy) is 5. The van der Waals surface area contributed by atoms with Crippen molar-refractivity contribution in [3.63, 3.8) is 0 Å². The third-order valence-corrected chi connectivity index (χ3v) is 7.39. The van der Waals surface area contributed by atoms with E-state index in [4.69, 9.17) is 23.7 Å². The number of nitrogens with one attached hydrogen (secondary N) is 1. The fourth-order valence-electron chi connectivity index (χ4n) is 4.99. The van der Waals surface area contributed by atoms with E-state index in [1.165, 1.54) is 0 Å². The zero-order chi connectivity index (χ0) is 31.5. The summed E-state index contributed by atoms with van der Waals surface area (Å²) >= 11 is 0. The van der Waals surface area contributed by atoms with E-state index in [2.05, 4.69) is 5.32 Å². The highest BCUT2D eigenvalue weighted by molar-refractivity contribution is 5.76. The van der Waals surface area contributed by atoms with E-state index >= 15 is 0 Å². The summed E-state index contributed by atoms with van der Waals surface area (Å²) in [4.78, 5) is 24.0. The highest BCUT2D eigenvalue weighted by Crippen LogP contribution is 2.35. The first kappa shape index (κ1) is 34.8. The average Bonchev–Trinajstić information content (AvgIpc) is 2.95. The highest BCUT2D eigenvalue weighted by Gasteiger charge is 2.57. The van der Waals surface area contributed by atoms with Gasteiger partial charge in [-0.2, -0.15) is 0 Å². The summed E-state index contributed by atoms with van der Waals surface area (Å²) in [5, 5.41) is 114. The van der Waals surface area contributed by atoms with Gasteiger partial charge in [0.05, 0.1) is 38.6 Å². The van der Waals surface area contributed by atoms with Gasteiger partial charge in [-0.1, -0.05) is 0 Å². The maximum atomic E-state index is 12.3. The average molecular weight is 618 g/mol. The van der Waals surface area contributed by atoms with E-state index in [0.717, 1.165) is 6.92 Å². The minimum atomic E-state index is -2.80. The first-order chi connectivity index (χ1) is 19.7. The molecule has 3 heterocycles. The summed E-state index contributed by atoms with van der Waals surface area (Å²) in [7, 11) is 0. The lowest BCUT2D eigenvalue weighted by molar-refractivity contribution is -0.353. The van der Waals surface area contributed by atoms with E-state index in [1.54, 1.807) is 0 Å². The number of hydrogen-bond donors (Lipinski definition) is 12. The van der Waals surface area contributed by atoms with E-state index in [9.17, 15) is 65.8 Å². The molecule has 0 aliphatic carbocycles. The van der Waals surface area contributed by atoms with Gasteiger partial charge in [0, 0.05) is 13.3 Å². The van der Waals surface area contributed by atoms with Gasteiger partial charge in [-0.25, -0.2) is 4.79 Å². The van der Waals surface area contributed by atoms with E-state index in [-0.39, 0.29) is 6.61 Å². The van der Waals surface area contributed by atoms with Gasteiger partial charge in [-0.05, 0) is 0 Å². The van der Waals surface area contributed by atoms with Gasteiger partial charge >= 0.3 is 5.97 Å². The molecule has 13 unspecified atom stereocenters. The summed E-state index contributed by atoms with van der Waals surface area (Å²) in [6.45, 7) is -1.86. The van der Waals surface area contributed by atoms with Crippen LogP contribution in [0.4, 0.5) is 0 Å². The fourth-order valence-corrected chi connectivity index (χ4v) is 4.99. The van der Waals surface area contributed by atoms with Crippen molar-refractivity contribution in [2.45, 2.75) is 105 Å². The van der Waals surface area contributed by atoms with Gasteiger partial charge in [0.1, 0.15) is 67.1 Å². The number of aliphatic hydroxyl groups is 10. The summed E-state index contributed by atoms with van der Waals surface area (Å²) in [5.74, 6) is -5.35. The molecular formula is C23H39NO18. The molecule has 3 aliphatic rings. The van der Waals surface area contributed by atoms with Crippen LogP contribution in [0.15, 0.2) is 0 Å². The zero-order valence-electron chi connectivity index (χ0n) is 22.4. The minimum absolute atomic E-state index is 0.338. The van der Waals surface area contributed by atoms with Gasteiger partial charge in [0.15, 0.2) is 6.29 Å². The van der Waals surface area contributed by atoms with Gasteiger partial charge in [0.2, 0.25) is 5.91 Å².